The summed E-state index contributed by atoms with van der Waals surface area (Å²) in [4.78, 5) is 11.2. The summed E-state index contributed by atoms with van der Waals surface area (Å²) in [6, 6.07) is 12.2. The minimum Gasteiger partial charge on any atom is -0.504 e. The molecule has 1 atom stereocenters. The third-order valence-corrected chi connectivity index (χ3v) is 2.80. The van der Waals surface area contributed by atoms with Gasteiger partial charge in [-0.05, 0) is 23.3 Å². The second-order valence-corrected chi connectivity index (χ2v) is 3.95. The van der Waals surface area contributed by atoms with Crippen LogP contribution in [0.15, 0.2) is 48.5 Å². The Kier molecular flexibility index (Phi) is 3.04. The van der Waals surface area contributed by atoms with Crippen molar-refractivity contribution in [2.24, 2.45) is 0 Å². The Morgan fingerprint density at radius 1 is 0.889 bits per heavy atom. The highest BCUT2D eigenvalue weighted by Gasteiger charge is 2.31. The van der Waals surface area contributed by atoms with Crippen molar-refractivity contribution in [2.45, 2.75) is 5.60 Å². The van der Waals surface area contributed by atoms with E-state index in [0.29, 0.717) is 11.8 Å². The van der Waals surface area contributed by atoms with Crippen molar-refractivity contribution < 1.29 is 20.1 Å². The van der Waals surface area contributed by atoms with E-state index in [9.17, 15) is 20.1 Å². The van der Waals surface area contributed by atoms with E-state index in [0.717, 1.165) is 6.07 Å². The van der Waals surface area contributed by atoms with Crippen molar-refractivity contribution >= 4 is 6.29 Å². The Morgan fingerprint density at radius 3 is 2.11 bits per heavy atom. The minimum absolute atomic E-state index is 0.194. The highest BCUT2D eigenvalue weighted by Crippen LogP contribution is 2.33. The molecule has 4 heteroatoms. The van der Waals surface area contributed by atoms with Crippen LogP contribution in [0.1, 0.15) is 11.1 Å². The Labute approximate surface area is 104 Å². The number of hydrogen-bond acceptors (Lipinski definition) is 4. The van der Waals surface area contributed by atoms with Crippen molar-refractivity contribution in [1.82, 2.24) is 0 Å². The lowest BCUT2D eigenvalue weighted by atomic mass is 9.87. The predicted octanol–water partition coefficient (Wildman–Crippen LogP) is 1.53. The molecule has 0 aliphatic carbocycles. The van der Waals surface area contributed by atoms with Gasteiger partial charge in [0.25, 0.3) is 0 Å². The molecule has 0 bridgehead atoms. The Morgan fingerprint density at radius 2 is 1.56 bits per heavy atom. The largest absolute Gasteiger partial charge is 0.504 e. The number of carbonyl (C=O) groups excluding carboxylic acids is 1. The Hall–Kier alpha value is -2.33. The van der Waals surface area contributed by atoms with E-state index in [2.05, 4.69) is 0 Å². The van der Waals surface area contributed by atoms with Crippen LogP contribution in [-0.4, -0.2) is 21.6 Å². The van der Waals surface area contributed by atoms with Gasteiger partial charge in [-0.2, -0.15) is 0 Å². The maximum absolute atomic E-state index is 11.2. The highest BCUT2D eigenvalue weighted by atomic mass is 16.3. The topological polar surface area (TPSA) is 77.8 Å². The van der Waals surface area contributed by atoms with Gasteiger partial charge in [-0.25, -0.2) is 0 Å². The van der Waals surface area contributed by atoms with Crippen molar-refractivity contribution in [3.63, 3.8) is 0 Å². The van der Waals surface area contributed by atoms with Gasteiger partial charge >= 0.3 is 0 Å². The summed E-state index contributed by atoms with van der Waals surface area (Å²) in [6.45, 7) is 0. The molecule has 0 saturated heterocycles. The summed E-state index contributed by atoms with van der Waals surface area (Å²) in [5, 5.41) is 29.1. The Bertz CT molecular complexity index is 565. The van der Waals surface area contributed by atoms with Crippen LogP contribution < -0.4 is 0 Å². The van der Waals surface area contributed by atoms with Crippen LogP contribution in [-0.2, 0) is 10.4 Å². The van der Waals surface area contributed by atoms with Crippen LogP contribution >= 0.6 is 0 Å². The average molecular weight is 244 g/mol. The number of carbonyl (C=O) groups is 1. The molecule has 2 aromatic rings. The SMILES string of the molecule is O=CC(O)(c1ccccc1)c1ccc(O)c(O)c1. The first-order valence-electron chi connectivity index (χ1n) is 5.34. The molecule has 2 rings (SSSR count). The monoisotopic (exact) mass is 244 g/mol. The van der Waals surface area contributed by atoms with Gasteiger partial charge in [-0.15, -0.1) is 0 Å². The first-order chi connectivity index (χ1) is 8.58. The van der Waals surface area contributed by atoms with Crippen LogP contribution in [0, 0.1) is 0 Å². The number of phenolic OH excluding ortho intramolecular Hbond substituents is 2. The van der Waals surface area contributed by atoms with E-state index >= 15 is 0 Å². The van der Waals surface area contributed by atoms with E-state index in [1.165, 1.54) is 12.1 Å². The Balaban J connectivity index is 2.57. The van der Waals surface area contributed by atoms with E-state index in [1.54, 1.807) is 30.3 Å². The fraction of sp³-hybridized carbons (Fsp3) is 0.0714. The number of phenols is 2. The van der Waals surface area contributed by atoms with E-state index in [1.807, 2.05) is 0 Å². The zero-order valence-corrected chi connectivity index (χ0v) is 9.45. The average Bonchev–Trinajstić information content (AvgIpc) is 2.42. The first-order valence-corrected chi connectivity index (χ1v) is 5.34. The summed E-state index contributed by atoms with van der Waals surface area (Å²) in [7, 11) is 0. The zero-order chi connectivity index (χ0) is 13.2. The van der Waals surface area contributed by atoms with Gasteiger partial charge in [-0.1, -0.05) is 36.4 Å². The summed E-state index contributed by atoms with van der Waals surface area (Å²) in [5.41, 5.74) is -1.25. The molecule has 0 amide bonds. The van der Waals surface area contributed by atoms with Crippen molar-refractivity contribution in [2.75, 3.05) is 0 Å². The molecule has 4 nitrogen and oxygen atoms in total. The molecule has 0 heterocycles. The number of hydrogen-bond donors (Lipinski definition) is 3. The van der Waals surface area contributed by atoms with Gasteiger partial charge in [0.1, 0.15) is 0 Å². The van der Waals surface area contributed by atoms with Crippen molar-refractivity contribution in [3.8, 4) is 11.5 Å². The maximum Gasteiger partial charge on any atom is 0.170 e. The van der Waals surface area contributed by atoms with Gasteiger partial charge in [0.05, 0.1) is 0 Å². The second-order valence-electron chi connectivity index (χ2n) is 3.95. The molecule has 0 radical (unpaired) electrons. The standard InChI is InChI=1S/C14H12O4/c15-9-14(18,10-4-2-1-3-5-10)11-6-7-12(16)13(17)8-11/h1-9,16-18H. The molecule has 1 unspecified atom stereocenters. The molecule has 0 aliphatic rings. The zero-order valence-electron chi connectivity index (χ0n) is 9.45. The highest BCUT2D eigenvalue weighted by molar-refractivity contribution is 5.72. The van der Waals surface area contributed by atoms with Gasteiger partial charge in [0, 0.05) is 0 Å². The van der Waals surface area contributed by atoms with Crippen molar-refractivity contribution in [1.29, 1.82) is 0 Å². The fourth-order valence-electron chi connectivity index (χ4n) is 1.76. The maximum atomic E-state index is 11.2. The van der Waals surface area contributed by atoms with Crippen LogP contribution in [0.25, 0.3) is 0 Å². The summed E-state index contributed by atoms with van der Waals surface area (Å²) in [5.74, 6) is -0.691. The first kappa shape index (κ1) is 12.1. The molecular formula is C14H12O4. The van der Waals surface area contributed by atoms with Crippen LogP contribution in [0.2, 0.25) is 0 Å². The van der Waals surface area contributed by atoms with E-state index in [4.69, 9.17) is 0 Å². The quantitative estimate of drug-likeness (QED) is 0.565. The number of aldehydes is 1. The van der Waals surface area contributed by atoms with Gasteiger partial charge in [-0.3, -0.25) is 4.79 Å². The molecule has 92 valence electrons. The molecule has 2 aromatic carbocycles. The molecule has 0 saturated carbocycles. The number of rotatable bonds is 3. The predicted molar refractivity (Wildman–Crippen MR) is 65.3 cm³/mol. The van der Waals surface area contributed by atoms with E-state index in [-0.39, 0.29) is 17.1 Å². The molecule has 0 aromatic heterocycles. The summed E-state index contributed by atoms with van der Waals surface area (Å²) in [6.07, 6.45) is 0.397. The van der Waals surface area contributed by atoms with Crippen LogP contribution in [0.4, 0.5) is 0 Å². The minimum atomic E-state index is -1.84. The lowest BCUT2D eigenvalue weighted by molar-refractivity contribution is -0.121. The van der Waals surface area contributed by atoms with Gasteiger partial charge in [0.15, 0.2) is 23.4 Å². The number of aliphatic hydroxyl groups is 1. The van der Waals surface area contributed by atoms with Crippen LogP contribution in [0.3, 0.4) is 0 Å². The third-order valence-electron chi connectivity index (χ3n) is 2.80. The van der Waals surface area contributed by atoms with Crippen LogP contribution in [0.5, 0.6) is 11.5 Å². The van der Waals surface area contributed by atoms with Gasteiger partial charge < -0.3 is 15.3 Å². The lowest BCUT2D eigenvalue weighted by Gasteiger charge is -2.23. The molecular weight excluding hydrogens is 232 g/mol. The molecule has 0 spiro atoms. The normalized spacial score (nSPS) is 13.8. The van der Waals surface area contributed by atoms with E-state index < -0.39 is 5.60 Å². The van der Waals surface area contributed by atoms with Crippen molar-refractivity contribution in [3.05, 3.63) is 59.7 Å². The third kappa shape index (κ3) is 1.94. The molecule has 18 heavy (non-hydrogen) atoms. The molecule has 0 aliphatic heterocycles. The number of benzene rings is 2. The summed E-state index contributed by atoms with van der Waals surface area (Å²) < 4.78 is 0. The fourth-order valence-corrected chi connectivity index (χ4v) is 1.76. The molecule has 3 N–H and O–H groups in total. The lowest BCUT2D eigenvalue weighted by Crippen LogP contribution is -2.28. The smallest absolute Gasteiger partial charge is 0.170 e. The van der Waals surface area contributed by atoms with Gasteiger partial charge in [0.2, 0.25) is 0 Å². The molecule has 0 fully saturated rings. The second kappa shape index (κ2) is 4.50. The summed E-state index contributed by atoms with van der Waals surface area (Å²) >= 11 is 0. The number of aromatic hydroxyl groups is 2.